The van der Waals surface area contributed by atoms with Crippen molar-refractivity contribution in [3.05, 3.63) is 22.8 Å². The first-order valence-corrected chi connectivity index (χ1v) is 8.81. The van der Waals surface area contributed by atoms with Crippen LogP contribution in [-0.2, 0) is 0 Å². The van der Waals surface area contributed by atoms with Crippen molar-refractivity contribution in [1.29, 1.82) is 10.5 Å². The van der Waals surface area contributed by atoms with Gasteiger partial charge in [0.2, 0.25) is 11.7 Å². The van der Waals surface area contributed by atoms with Gasteiger partial charge in [-0.15, -0.1) is 0 Å². The normalized spacial score (nSPS) is 14.1. The number of hydrogen-bond acceptors (Lipinski definition) is 12. The van der Waals surface area contributed by atoms with Crippen molar-refractivity contribution >= 4 is 23.3 Å². The summed E-state index contributed by atoms with van der Waals surface area (Å²) in [5, 5.41) is 23.9. The molecule has 0 radical (unpaired) electrons. The van der Waals surface area contributed by atoms with E-state index < -0.39 is 6.04 Å². The third-order valence-electron chi connectivity index (χ3n) is 4.68. The molecule has 1 atom stereocenters. The van der Waals surface area contributed by atoms with Gasteiger partial charge in [-0.25, -0.2) is 9.98 Å². The van der Waals surface area contributed by atoms with Crippen LogP contribution in [0.25, 0.3) is 0 Å². The Kier molecular flexibility index (Phi) is 5.74. The summed E-state index contributed by atoms with van der Waals surface area (Å²) in [4.78, 5) is 8.78. The maximum Gasteiger partial charge on any atom is 0.211 e. The fraction of sp³-hybridized carbons (Fsp3) is 0.263. The first-order valence-electron chi connectivity index (χ1n) is 8.81. The number of nitrogen functional groups attached to an aromatic ring is 2. The molecule has 2 aromatic rings. The van der Waals surface area contributed by atoms with E-state index in [2.05, 4.69) is 20.6 Å². The van der Waals surface area contributed by atoms with E-state index in [-0.39, 0.29) is 34.6 Å². The first-order chi connectivity index (χ1) is 14.9. The summed E-state index contributed by atoms with van der Waals surface area (Å²) in [6, 6.07) is 2.67. The molecule has 0 aliphatic carbocycles. The standard InChI is InChI=1S/C19H20N8O4/c1-28-9-5-10(29-2)15(30-3)16(31-4)11(9)14-12-13(22)8(6-20)17(23)26-18(12)27-19(25-14)24-7-21/h5,14H,1-4H3,(H6,22,23,24,25,26,27). The number of methoxy groups -OCH3 is 4. The number of ether oxygens (including phenoxy) is 4. The largest absolute Gasteiger partial charge is 0.496 e. The zero-order valence-corrected chi connectivity index (χ0v) is 17.2. The fourth-order valence-electron chi connectivity index (χ4n) is 3.37. The van der Waals surface area contributed by atoms with Crippen molar-refractivity contribution < 1.29 is 18.9 Å². The molecule has 12 heteroatoms. The van der Waals surface area contributed by atoms with Gasteiger partial charge in [-0.3, -0.25) is 5.32 Å². The van der Waals surface area contributed by atoms with Crippen LogP contribution in [-0.4, -0.2) is 39.4 Å². The molecule has 1 aromatic carbocycles. The monoisotopic (exact) mass is 424 g/mol. The first kappa shape index (κ1) is 21.1. The lowest BCUT2D eigenvalue weighted by Gasteiger charge is -2.29. The predicted octanol–water partition coefficient (Wildman–Crippen LogP) is 1.09. The van der Waals surface area contributed by atoms with Crippen LogP contribution < -0.4 is 41.0 Å². The summed E-state index contributed by atoms with van der Waals surface area (Å²) < 4.78 is 22.1. The second kappa shape index (κ2) is 8.42. The van der Waals surface area contributed by atoms with Gasteiger partial charge >= 0.3 is 0 Å². The molecule has 0 fully saturated rings. The van der Waals surface area contributed by atoms with Crippen LogP contribution in [0.1, 0.15) is 22.7 Å². The molecule has 6 N–H and O–H groups in total. The summed E-state index contributed by atoms with van der Waals surface area (Å²) in [6.45, 7) is 0. The van der Waals surface area contributed by atoms with Gasteiger partial charge in [-0.1, -0.05) is 0 Å². The number of aliphatic imine (C=N–C) groups is 1. The Morgan fingerprint density at radius 3 is 2.23 bits per heavy atom. The van der Waals surface area contributed by atoms with E-state index in [4.69, 9.17) is 35.7 Å². The molecule has 0 amide bonds. The molecule has 2 heterocycles. The molecule has 0 saturated carbocycles. The number of pyridine rings is 1. The highest BCUT2D eigenvalue weighted by Crippen LogP contribution is 2.52. The molecule has 1 aromatic heterocycles. The van der Waals surface area contributed by atoms with Gasteiger partial charge in [0.05, 0.1) is 39.7 Å². The van der Waals surface area contributed by atoms with Crippen molar-refractivity contribution in [3.8, 4) is 35.3 Å². The Labute approximate surface area is 178 Å². The van der Waals surface area contributed by atoms with Crippen LogP contribution >= 0.6 is 0 Å². The molecule has 1 aliphatic heterocycles. The number of anilines is 3. The SMILES string of the molecule is COc1cc(OC)c(C2N=C(NC#N)Nc3nc(N)c(C#N)c(N)c32)c(OC)c1OC. The van der Waals surface area contributed by atoms with Gasteiger partial charge in [-0.05, 0) is 0 Å². The van der Waals surface area contributed by atoms with E-state index in [1.54, 1.807) is 12.3 Å². The molecule has 31 heavy (non-hydrogen) atoms. The second-order valence-electron chi connectivity index (χ2n) is 6.16. The fourth-order valence-corrected chi connectivity index (χ4v) is 3.37. The van der Waals surface area contributed by atoms with Crippen molar-refractivity contribution in [1.82, 2.24) is 10.3 Å². The van der Waals surface area contributed by atoms with Crippen LogP contribution in [0.2, 0.25) is 0 Å². The van der Waals surface area contributed by atoms with Gasteiger partial charge in [0.15, 0.2) is 17.7 Å². The van der Waals surface area contributed by atoms with Gasteiger partial charge < -0.3 is 35.7 Å². The summed E-state index contributed by atoms with van der Waals surface area (Å²) in [5.41, 5.74) is 13.1. The molecule has 1 unspecified atom stereocenters. The minimum absolute atomic E-state index is 0.0100. The average molecular weight is 424 g/mol. The number of guanidine groups is 1. The number of rotatable bonds is 5. The highest BCUT2D eigenvalue weighted by molar-refractivity contribution is 5.98. The summed E-state index contributed by atoms with van der Waals surface area (Å²) in [6.07, 6.45) is 1.80. The topological polar surface area (TPSA) is 186 Å². The van der Waals surface area contributed by atoms with Crippen LogP contribution in [0.3, 0.4) is 0 Å². The molecule has 0 bridgehead atoms. The lowest BCUT2D eigenvalue weighted by atomic mass is 9.93. The van der Waals surface area contributed by atoms with Gasteiger partial charge in [0.1, 0.15) is 35.1 Å². The average Bonchev–Trinajstić information content (AvgIpc) is 2.77. The van der Waals surface area contributed by atoms with Crippen LogP contribution in [0.15, 0.2) is 11.1 Å². The smallest absolute Gasteiger partial charge is 0.211 e. The number of nitriles is 2. The molecule has 160 valence electrons. The van der Waals surface area contributed by atoms with E-state index in [1.165, 1.54) is 28.4 Å². The number of nitrogens with zero attached hydrogens (tertiary/aromatic N) is 4. The Morgan fingerprint density at radius 1 is 1.00 bits per heavy atom. The zero-order chi connectivity index (χ0) is 22.7. The quantitative estimate of drug-likeness (QED) is 0.397. The van der Waals surface area contributed by atoms with Crippen molar-refractivity contribution in [2.75, 3.05) is 45.2 Å². The minimum atomic E-state index is -0.892. The predicted molar refractivity (Wildman–Crippen MR) is 112 cm³/mol. The lowest BCUT2D eigenvalue weighted by molar-refractivity contribution is 0.314. The van der Waals surface area contributed by atoms with Crippen molar-refractivity contribution in [3.63, 3.8) is 0 Å². The third-order valence-corrected chi connectivity index (χ3v) is 4.68. The summed E-state index contributed by atoms with van der Waals surface area (Å²) in [7, 11) is 5.86. The maximum atomic E-state index is 9.50. The maximum absolute atomic E-state index is 9.50. The van der Waals surface area contributed by atoms with Gasteiger partial charge in [-0.2, -0.15) is 10.5 Å². The van der Waals surface area contributed by atoms with Crippen molar-refractivity contribution in [2.24, 2.45) is 4.99 Å². The van der Waals surface area contributed by atoms with E-state index >= 15 is 0 Å². The van der Waals surface area contributed by atoms with Crippen LogP contribution in [0.5, 0.6) is 23.0 Å². The highest BCUT2D eigenvalue weighted by atomic mass is 16.5. The Morgan fingerprint density at radius 2 is 1.68 bits per heavy atom. The molecule has 0 spiro atoms. The van der Waals surface area contributed by atoms with Crippen LogP contribution in [0, 0.1) is 22.8 Å². The molecule has 3 rings (SSSR count). The van der Waals surface area contributed by atoms with Gasteiger partial charge in [0.25, 0.3) is 0 Å². The third kappa shape index (κ3) is 3.36. The van der Waals surface area contributed by atoms with E-state index in [0.29, 0.717) is 28.4 Å². The molecular formula is C19H20N8O4. The number of nitrogens with two attached hydrogens (primary N) is 2. The molecule has 12 nitrogen and oxygen atoms in total. The highest BCUT2D eigenvalue weighted by Gasteiger charge is 2.35. The molecule has 0 saturated heterocycles. The lowest BCUT2D eigenvalue weighted by Crippen LogP contribution is -2.33. The minimum Gasteiger partial charge on any atom is -0.496 e. The van der Waals surface area contributed by atoms with Crippen LogP contribution in [0.4, 0.5) is 17.3 Å². The van der Waals surface area contributed by atoms with E-state index in [0.717, 1.165) is 0 Å². The van der Waals surface area contributed by atoms with E-state index in [9.17, 15) is 5.26 Å². The number of aromatic nitrogens is 1. The van der Waals surface area contributed by atoms with E-state index in [1.807, 2.05) is 6.07 Å². The number of hydrogen-bond donors (Lipinski definition) is 4. The Bertz CT molecular complexity index is 1150. The Balaban J connectivity index is 2.42. The summed E-state index contributed by atoms with van der Waals surface area (Å²) in [5.74, 6) is 1.55. The zero-order valence-electron chi connectivity index (χ0n) is 17.2. The number of benzene rings is 1. The van der Waals surface area contributed by atoms with Crippen molar-refractivity contribution in [2.45, 2.75) is 6.04 Å². The second-order valence-corrected chi connectivity index (χ2v) is 6.16. The molecule has 1 aliphatic rings. The van der Waals surface area contributed by atoms with Gasteiger partial charge in [0, 0.05) is 11.6 Å². The summed E-state index contributed by atoms with van der Waals surface area (Å²) >= 11 is 0. The Hall–Kier alpha value is -4.58. The number of fused-ring (bicyclic) bond motifs is 1. The molecular weight excluding hydrogens is 404 g/mol. The number of nitrogens with one attached hydrogen (secondary N) is 2.